The molecule has 24 heavy (non-hydrogen) atoms. The Morgan fingerprint density at radius 2 is 1.96 bits per heavy atom. The van der Waals surface area contributed by atoms with Crippen LogP contribution >= 0.6 is 0 Å². The number of pyridine rings is 1. The number of aromatic nitrogens is 3. The minimum atomic E-state index is 0.0726. The average Bonchev–Trinajstić information content (AvgIpc) is 3.07. The molecule has 2 aromatic heterocycles. The van der Waals surface area contributed by atoms with Crippen molar-refractivity contribution in [2.45, 2.75) is 47.0 Å². The lowest BCUT2D eigenvalue weighted by Crippen LogP contribution is -2.35. The van der Waals surface area contributed by atoms with E-state index >= 15 is 0 Å². The van der Waals surface area contributed by atoms with E-state index in [1.54, 1.807) is 17.1 Å². The lowest BCUT2D eigenvalue weighted by Gasteiger charge is -2.25. The highest BCUT2D eigenvalue weighted by atomic mass is 16.2. The van der Waals surface area contributed by atoms with Crippen LogP contribution in [-0.2, 0) is 6.42 Å². The van der Waals surface area contributed by atoms with Gasteiger partial charge in [0.15, 0.2) is 5.82 Å². The van der Waals surface area contributed by atoms with Gasteiger partial charge in [-0.05, 0) is 31.4 Å². The van der Waals surface area contributed by atoms with Gasteiger partial charge in [-0.25, -0.2) is 9.67 Å². The zero-order valence-electron chi connectivity index (χ0n) is 15.2. The second kappa shape index (κ2) is 8.62. The highest BCUT2D eigenvalue weighted by molar-refractivity contribution is 5.95. The van der Waals surface area contributed by atoms with Crippen molar-refractivity contribution in [2.24, 2.45) is 5.92 Å². The number of hydrogen-bond donors (Lipinski definition) is 0. The maximum absolute atomic E-state index is 13.0. The highest BCUT2D eigenvalue weighted by Crippen LogP contribution is 2.18. The molecular formula is C19H28N4O. The molecule has 0 bridgehead atoms. The van der Waals surface area contributed by atoms with Gasteiger partial charge in [0.05, 0.1) is 17.5 Å². The molecule has 0 fully saturated rings. The largest absolute Gasteiger partial charge is 0.339 e. The number of carbonyl (C=O) groups excluding carboxylic acids is 1. The fraction of sp³-hybridized carbons (Fsp3) is 0.526. The molecule has 130 valence electrons. The van der Waals surface area contributed by atoms with Crippen molar-refractivity contribution < 1.29 is 4.79 Å². The molecule has 0 unspecified atom stereocenters. The molecule has 0 aromatic carbocycles. The molecule has 2 rings (SSSR count). The van der Waals surface area contributed by atoms with Gasteiger partial charge in [0, 0.05) is 19.3 Å². The lowest BCUT2D eigenvalue weighted by molar-refractivity contribution is 0.0734. The Balaban J connectivity index is 2.30. The SMILES string of the molecule is CCc1c(C(=O)N(CC)CC(CC)CC)cnn1-c1ccccn1. The molecule has 0 aliphatic rings. The first-order chi connectivity index (χ1) is 11.7. The van der Waals surface area contributed by atoms with Crippen LogP contribution in [0.2, 0.25) is 0 Å². The van der Waals surface area contributed by atoms with Crippen molar-refractivity contribution in [3.05, 3.63) is 41.9 Å². The molecule has 0 aliphatic carbocycles. The van der Waals surface area contributed by atoms with E-state index in [-0.39, 0.29) is 5.91 Å². The molecule has 2 aromatic rings. The summed E-state index contributed by atoms with van der Waals surface area (Å²) in [6, 6.07) is 5.71. The second-order valence-corrected chi connectivity index (χ2v) is 5.98. The topological polar surface area (TPSA) is 51.0 Å². The molecular weight excluding hydrogens is 300 g/mol. The van der Waals surface area contributed by atoms with Crippen LogP contribution in [0.3, 0.4) is 0 Å². The summed E-state index contributed by atoms with van der Waals surface area (Å²) in [5.41, 5.74) is 1.61. The van der Waals surface area contributed by atoms with Gasteiger partial charge in [-0.15, -0.1) is 0 Å². The van der Waals surface area contributed by atoms with E-state index in [1.165, 1.54) is 0 Å². The second-order valence-electron chi connectivity index (χ2n) is 5.98. The number of amides is 1. The molecule has 5 nitrogen and oxygen atoms in total. The van der Waals surface area contributed by atoms with Gasteiger partial charge in [-0.1, -0.05) is 39.7 Å². The molecule has 1 amide bonds. The molecule has 0 saturated carbocycles. The van der Waals surface area contributed by atoms with E-state index < -0.39 is 0 Å². The van der Waals surface area contributed by atoms with Crippen LogP contribution in [0.1, 0.15) is 56.6 Å². The predicted molar refractivity (Wildman–Crippen MR) is 96.4 cm³/mol. The number of carbonyl (C=O) groups is 1. The van der Waals surface area contributed by atoms with E-state index in [0.717, 1.165) is 37.3 Å². The Bertz CT molecular complexity index is 647. The maximum atomic E-state index is 13.0. The standard InChI is InChI=1S/C19H28N4O/c1-5-15(6-2)14-22(8-4)19(24)16-13-21-23(17(16)7-3)18-11-9-10-12-20-18/h9-13,15H,5-8,14H2,1-4H3. The van der Waals surface area contributed by atoms with Crippen LogP contribution in [0.15, 0.2) is 30.6 Å². The fourth-order valence-corrected chi connectivity index (χ4v) is 2.95. The van der Waals surface area contributed by atoms with E-state index in [4.69, 9.17) is 0 Å². The Morgan fingerprint density at radius 3 is 2.50 bits per heavy atom. The summed E-state index contributed by atoms with van der Waals surface area (Å²) in [6.45, 7) is 9.97. The highest BCUT2D eigenvalue weighted by Gasteiger charge is 2.23. The summed E-state index contributed by atoms with van der Waals surface area (Å²) < 4.78 is 1.78. The Labute approximate surface area is 144 Å². The summed E-state index contributed by atoms with van der Waals surface area (Å²) in [5.74, 6) is 1.37. The van der Waals surface area contributed by atoms with E-state index in [0.29, 0.717) is 18.0 Å². The van der Waals surface area contributed by atoms with Gasteiger partial charge in [-0.2, -0.15) is 5.10 Å². The van der Waals surface area contributed by atoms with Gasteiger partial charge in [0.1, 0.15) is 0 Å². The summed E-state index contributed by atoms with van der Waals surface area (Å²) in [5, 5.41) is 4.42. The molecule has 0 atom stereocenters. The van der Waals surface area contributed by atoms with Crippen molar-refractivity contribution in [1.29, 1.82) is 0 Å². The monoisotopic (exact) mass is 328 g/mol. The third-order valence-electron chi connectivity index (χ3n) is 4.60. The average molecular weight is 328 g/mol. The van der Waals surface area contributed by atoms with Crippen LogP contribution in [0, 0.1) is 5.92 Å². The zero-order valence-corrected chi connectivity index (χ0v) is 15.2. The van der Waals surface area contributed by atoms with Crippen molar-refractivity contribution in [3.63, 3.8) is 0 Å². The molecule has 0 radical (unpaired) electrons. The predicted octanol–water partition coefficient (Wildman–Crippen LogP) is 3.73. The lowest BCUT2D eigenvalue weighted by atomic mass is 10.0. The normalized spacial score (nSPS) is 11.0. The van der Waals surface area contributed by atoms with Gasteiger partial charge in [-0.3, -0.25) is 4.79 Å². The maximum Gasteiger partial charge on any atom is 0.257 e. The summed E-state index contributed by atoms with van der Waals surface area (Å²) in [4.78, 5) is 19.3. The Hall–Kier alpha value is -2.17. The van der Waals surface area contributed by atoms with Crippen molar-refractivity contribution in [1.82, 2.24) is 19.7 Å². The first kappa shape index (κ1) is 18.2. The molecule has 5 heteroatoms. The number of hydrogen-bond acceptors (Lipinski definition) is 3. The first-order valence-electron chi connectivity index (χ1n) is 8.93. The minimum Gasteiger partial charge on any atom is -0.339 e. The quantitative estimate of drug-likeness (QED) is 0.742. The third kappa shape index (κ3) is 3.83. The molecule has 0 aliphatic heterocycles. The van der Waals surface area contributed by atoms with E-state index in [9.17, 15) is 4.79 Å². The Kier molecular flexibility index (Phi) is 6.53. The number of nitrogens with zero attached hydrogens (tertiary/aromatic N) is 4. The van der Waals surface area contributed by atoms with Crippen LogP contribution in [0.5, 0.6) is 0 Å². The Morgan fingerprint density at radius 1 is 1.21 bits per heavy atom. The fourth-order valence-electron chi connectivity index (χ4n) is 2.95. The van der Waals surface area contributed by atoms with Crippen LogP contribution in [0.25, 0.3) is 5.82 Å². The molecule has 0 N–H and O–H groups in total. The van der Waals surface area contributed by atoms with Gasteiger partial charge < -0.3 is 4.90 Å². The summed E-state index contributed by atoms with van der Waals surface area (Å²) in [6.07, 6.45) is 6.34. The third-order valence-corrected chi connectivity index (χ3v) is 4.60. The van der Waals surface area contributed by atoms with Gasteiger partial charge in [0.2, 0.25) is 0 Å². The minimum absolute atomic E-state index is 0.0726. The van der Waals surface area contributed by atoms with Gasteiger partial charge >= 0.3 is 0 Å². The summed E-state index contributed by atoms with van der Waals surface area (Å²) >= 11 is 0. The van der Waals surface area contributed by atoms with E-state index in [1.807, 2.05) is 36.9 Å². The van der Waals surface area contributed by atoms with E-state index in [2.05, 4.69) is 23.9 Å². The van der Waals surface area contributed by atoms with Gasteiger partial charge in [0.25, 0.3) is 5.91 Å². The van der Waals surface area contributed by atoms with Crippen LogP contribution in [-0.4, -0.2) is 38.7 Å². The van der Waals surface area contributed by atoms with Crippen LogP contribution in [0.4, 0.5) is 0 Å². The first-order valence-corrected chi connectivity index (χ1v) is 8.93. The molecule has 0 saturated heterocycles. The smallest absolute Gasteiger partial charge is 0.257 e. The molecule has 2 heterocycles. The zero-order chi connectivity index (χ0) is 17.5. The van der Waals surface area contributed by atoms with Crippen molar-refractivity contribution in [3.8, 4) is 5.82 Å². The number of rotatable bonds is 8. The van der Waals surface area contributed by atoms with Crippen molar-refractivity contribution in [2.75, 3.05) is 13.1 Å². The molecule has 0 spiro atoms. The summed E-state index contributed by atoms with van der Waals surface area (Å²) in [7, 11) is 0. The van der Waals surface area contributed by atoms with Crippen LogP contribution < -0.4 is 0 Å². The van der Waals surface area contributed by atoms with Crippen molar-refractivity contribution >= 4 is 5.91 Å².